The van der Waals surface area contributed by atoms with Crippen molar-refractivity contribution in [2.45, 2.75) is 56.7 Å². The van der Waals surface area contributed by atoms with Crippen molar-refractivity contribution in [3.63, 3.8) is 0 Å². The number of fused-ring (bicyclic) bond motifs is 5. The van der Waals surface area contributed by atoms with E-state index in [4.69, 9.17) is 4.74 Å². The number of alkyl halides is 1. The van der Waals surface area contributed by atoms with E-state index >= 15 is 0 Å². The molecule has 4 rings (SSSR count). The molecule has 1 aromatic carbocycles. The van der Waals surface area contributed by atoms with E-state index in [1.165, 1.54) is 18.1 Å². The van der Waals surface area contributed by atoms with Gasteiger partial charge < -0.3 is 4.74 Å². The van der Waals surface area contributed by atoms with Gasteiger partial charge >= 0.3 is 5.97 Å². The molecule has 0 bridgehead atoms. The Hall–Kier alpha value is -1.16. The highest BCUT2D eigenvalue weighted by atomic mass is 79.9. The second-order valence-electron chi connectivity index (χ2n) is 7.89. The number of benzene rings is 1. The number of rotatable bonds is 1. The number of carbonyl (C=O) groups excluding carboxylic acids is 2. The number of carbonyl (C=O) groups is 2. The van der Waals surface area contributed by atoms with Gasteiger partial charge in [-0.1, -0.05) is 28.9 Å². The number of halogens is 1. The molecule has 0 amide bonds. The van der Waals surface area contributed by atoms with E-state index in [0.717, 1.165) is 32.1 Å². The van der Waals surface area contributed by atoms with Crippen LogP contribution in [0.2, 0.25) is 0 Å². The molecule has 0 N–H and O–H groups in total. The molecule has 2 saturated carbocycles. The third kappa shape index (κ3) is 2.37. The average molecular weight is 391 g/mol. The second-order valence-corrected chi connectivity index (χ2v) is 9.00. The van der Waals surface area contributed by atoms with Crippen LogP contribution in [0, 0.1) is 17.3 Å². The minimum atomic E-state index is -0.273. The summed E-state index contributed by atoms with van der Waals surface area (Å²) in [5.74, 6) is 2.43. The Morgan fingerprint density at radius 1 is 1.33 bits per heavy atom. The molecule has 0 radical (unpaired) electrons. The number of esters is 1. The number of hydrogen-bond donors (Lipinski definition) is 0. The van der Waals surface area contributed by atoms with Crippen molar-refractivity contribution in [3.8, 4) is 5.75 Å². The van der Waals surface area contributed by atoms with Gasteiger partial charge in [-0.3, -0.25) is 9.59 Å². The van der Waals surface area contributed by atoms with Gasteiger partial charge in [-0.25, -0.2) is 0 Å². The molecular weight excluding hydrogens is 368 g/mol. The third-order valence-electron chi connectivity index (χ3n) is 6.66. The van der Waals surface area contributed by atoms with E-state index < -0.39 is 0 Å². The van der Waals surface area contributed by atoms with Crippen molar-refractivity contribution in [1.82, 2.24) is 0 Å². The number of ketones is 1. The van der Waals surface area contributed by atoms with Crippen LogP contribution in [0.25, 0.3) is 0 Å². The maximum Gasteiger partial charge on any atom is 0.308 e. The van der Waals surface area contributed by atoms with Crippen LogP contribution in [0.4, 0.5) is 0 Å². The van der Waals surface area contributed by atoms with Crippen molar-refractivity contribution >= 4 is 27.7 Å². The standard InChI is InChI=1S/C20H23BrO3/c1-11(22)24-13-4-6-14-12(9-13)3-5-16-15(14)7-8-20(2)17(16)10-18(21)19(20)23/h4,6,9,15-18H,3,5,7-8,10H2,1-2H3/t15-,16-,17+,18-,20+/m1/s1. The lowest BCUT2D eigenvalue weighted by atomic mass is 9.55. The van der Waals surface area contributed by atoms with Crippen LogP contribution < -0.4 is 4.74 Å². The zero-order valence-electron chi connectivity index (χ0n) is 14.2. The molecule has 24 heavy (non-hydrogen) atoms. The number of Topliss-reactive ketones (excluding diaryl/α,β-unsaturated/α-hetero) is 1. The van der Waals surface area contributed by atoms with Crippen molar-refractivity contribution in [1.29, 1.82) is 0 Å². The van der Waals surface area contributed by atoms with Crippen LogP contribution in [-0.4, -0.2) is 16.6 Å². The quantitative estimate of drug-likeness (QED) is 0.405. The largest absolute Gasteiger partial charge is 0.427 e. The second kappa shape index (κ2) is 5.69. The predicted molar refractivity (Wildman–Crippen MR) is 95.5 cm³/mol. The molecule has 3 aliphatic rings. The number of aryl methyl sites for hydroxylation is 1. The predicted octanol–water partition coefficient (Wildman–Crippen LogP) is 4.41. The van der Waals surface area contributed by atoms with E-state index in [1.54, 1.807) is 0 Å². The van der Waals surface area contributed by atoms with Crippen molar-refractivity contribution in [2.75, 3.05) is 0 Å². The van der Waals surface area contributed by atoms with Gasteiger partial charge in [-0.2, -0.15) is 0 Å². The molecule has 0 aromatic heterocycles. The van der Waals surface area contributed by atoms with E-state index in [0.29, 0.717) is 29.3 Å². The van der Waals surface area contributed by atoms with Crippen LogP contribution in [0.1, 0.15) is 56.6 Å². The summed E-state index contributed by atoms with van der Waals surface area (Å²) in [6, 6.07) is 6.10. The molecule has 2 fully saturated rings. The Morgan fingerprint density at radius 3 is 2.88 bits per heavy atom. The van der Waals surface area contributed by atoms with Gasteiger partial charge in [0.25, 0.3) is 0 Å². The minimum absolute atomic E-state index is 0.0407. The Morgan fingerprint density at radius 2 is 2.12 bits per heavy atom. The fourth-order valence-electron chi connectivity index (χ4n) is 5.54. The zero-order chi connectivity index (χ0) is 17.1. The molecule has 0 unspecified atom stereocenters. The lowest BCUT2D eigenvalue weighted by molar-refractivity contribution is -0.132. The molecule has 1 aromatic rings. The summed E-state index contributed by atoms with van der Waals surface area (Å²) in [7, 11) is 0. The average Bonchev–Trinajstić information content (AvgIpc) is 2.77. The summed E-state index contributed by atoms with van der Waals surface area (Å²) in [6.07, 6.45) is 5.21. The molecule has 4 heteroatoms. The molecule has 0 aliphatic heterocycles. The normalized spacial score (nSPS) is 37.4. The Balaban J connectivity index is 1.65. The van der Waals surface area contributed by atoms with Gasteiger partial charge in [0, 0.05) is 12.3 Å². The highest BCUT2D eigenvalue weighted by Gasteiger charge is 2.57. The summed E-state index contributed by atoms with van der Waals surface area (Å²) in [5.41, 5.74) is 2.60. The van der Waals surface area contributed by atoms with Gasteiger partial charge in [-0.15, -0.1) is 0 Å². The van der Waals surface area contributed by atoms with Crippen LogP contribution in [0.3, 0.4) is 0 Å². The van der Waals surface area contributed by atoms with Crippen molar-refractivity contribution < 1.29 is 14.3 Å². The molecule has 0 spiro atoms. The first-order valence-corrected chi connectivity index (χ1v) is 9.81. The summed E-state index contributed by atoms with van der Waals surface area (Å²) in [6.45, 7) is 3.63. The van der Waals surface area contributed by atoms with Gasteiger partial charge in [0.1, 0.15) is 5.75 Å². The maximum atomic E-state index is 12.6. The summed E-state index contributed by atoms with van der Waals surface area (Å²) < 4.78 is 5.24. The van der Waals surface area contributed by atoms with E-state index in [1.807, 2.05) is 12.1 Å². The topological polar surface area (TPSA) is 43.4 Å². The molecule has 3 nitrogen and oxygen atoms in total. The lowest BCUT2D eigenvalue weighted by Gasteiger charge is -2.48. The first kappa shape index (κ1) is 16.3. The summed E-state index contributed by atoms with van der Waals surface area (Å²) in [5, 5.41) is 0. The third-order valence-corrected chi connectivity index (χ3v) is 7.45. The van der Waals surface area contributed by atoms with Crippen LogP contribution in [-0.2, 0) is 16.0 Å². The van der Waals surface area contributed by atoms with Crippen LogP contribution in [0.5, 0.6) is 5.75 Å². The number of ether oxygens (including phenoxy) is 1. The van der Waals surface area contributed by atoms with Crippen LogP contribution in [0.15, 0.2) is 18.2 Å². The van der Waals surface area contributed by atoms with Gasteiger partial charge in [0.15, 0.2) is 5.78 Å². The van der Waals surface area contributed by atoms with Gasteiger partial charge in [0.2, 0.25) is 0 Å². The first-order valence-electron chi connectivity index (χ1n) is 8.90. The fraction of sp³-hybridized carbons (Fsp3) is 0.600. The zero-order valence-corrected chi connectivity index (χ0v) is 15.8. The molecule has 0 heterocycles. The maximum absolute atomic E-state index is 12.6. The Kier molecular flexibility index (Phi) is 3.87. The van der Waals surface area contributed by atoms with Crippen LogP contribution >= 0.6 is 15.9 Å². The van der Waals surface area contributed by atoms with E-state index in [-0.39, 0.29) is 16.2 Å². The smallest absolute Gasteiger partial charge is 0.308 e. The Bertz CT molecular complexity index is 713. The molecule has 5 atom stereocenters. The lowest BCUT2D eigenvalue weighted by Crippen LogP contribution is -2.42. The molecule has 3 aliphatic carbocycles. The van der Waals surface area contributed by atoms with E-state index in [9.17, 15) is 9.59 Å². The highest BCUT2D eigenvalue weighted by molar-refractivity contribution is 9.10. The summed E-state index contributed by atoms with van der Waals surface area (Å²) in [4.78, 5) is 23.8. The highest BCUT2D eigenvalue weighted by Crippen LogP contribution is 2.60. The summed E-state index contributed by atoms with van der Waals surface area (Å²) >= 11 is 3.61. The fourth-order valence-corrected chi connectivity index (χ4v) is 6.46. The van der Waals surface area contributed by atoms with Crippen molar-refractivity contribution in [2.24, 2.45) is 17.3 Å². The first-order chi connectivity index (χ1) is 11.4. The van der Waals surface area contributed by atoms with Gasteiger partial charge in [0.05, 0.1) is 4.83 Å². The molecule has 128 valence electrons. The number of hydrogen-bond acceptors (Lipinski definition) is 3. The van der Waals surface area contributed by atoms with Crippen molar-refractivity contribution in [3.05, 3.63) is 29.3 Å². The van der Waals surface area contributed by atoms with E-state index in [2.05, 4.69) is 28.9 Å². The molecular formula is C20H23BrO3. The molecule has 0 saturated heterocycles. The monoisotopic (exact) mass is 390 g/mol. The SMILES string of the molecule is CC(=O)Oc1ccc2c(c1)CC[C@@H]1[C@@H]2CC[C@]2(C)C(=O)[C@H](Br)C[C@@H]12. The Labute approximate surface area is 151 Å². The van der Waals surface area contributed by atoms with Gasteiger partial charge in [-0.05, 0) is 73.1 Å². The minimum Gasteiger partial charge on any atom is -0.427 e.